The van der Waals surface area contributed by atoms with Crippen molar-refractivity contribution in [2.45, 2.75) is 19.3 Å². The number of anilines is 1. The molecule has 2 heterocycles. The highest BCUT2D eigenvalue weighted by Crippen LogP contribution is 2.36. The molecule has 1 fully saturated rings. The van der Waals surface area contributed by atoms with Crippen LogP contribution < -0.4 is 4.90 Å². The Labute approximate surface area is 172 Å². The molecule has 0 atom stereocenters. The molecule has 0 unspecified atom stereocenters. The van der Waals surface area contributed by atoms with Crippen LogP contribution in [0.4, 0.5) is 11.4 Å². The molecule has 7 nitrogen and oxygen atoms in total. The van der Waals surface area contributed by atoms with Crippen molar-refractivity contribution in [2.75, 3.05) is 18.0 Å². The van der Waals surface area contributed by atoms with Gasteiger partial charge in [0.15, 0.2) is 0 Å². The van der Waals surface area contributed by atoms with Crippen molar-refractivity contribution < 1.29 is 14.5 Å². The van der Waals surface area contributed by atoms with Gasteiger partial charge in [-0.15, -0.1) is 0 Å². The third kappa shape index (κ3) is 3.49. The van der Waals surface area contributed by atoms with Crippen LogP contribution in [0.3, 0.4) is 0 Å². The minimum Gasteiger partial charge on any atom is -0.366 e. The molecular formula is C21H18ClN3O4. The molecular weight excluding hydrogens is 394 g/mol. The summed E-state index contributed by atoms with van der Waals surface area (Å²) >= 11 is 5.94. The first-order valence-corrected chi connectivity index (χ1v) is 9.73. The lowest BCUT2D eigenvalue weighted by atomic mass is 10.0. The second kappa shape index (κ2) is 7.67. The van der Waals surface area contributed by atoms with Gasteiger partial charge in [0, 0.05) is 30.2 Å². The minimum absolute atomic E-state index is 0.0693. The normalized spacial score (nSPS) is 17.3. The largest absolute Gasteiger partial charge is 0.366 e. The van der Waals surface area contributed by atoms with E-state index >= 15 is 0 Å². The molecule has 0 spiro atoms. The van der Waals surface area contributed by atoms with E-state index in [-0.39, 0.29) is 17.2 Å². The van der Waals surface area contributed by atoms with Crippen molar-refractivity contribution in [3.05, 3.63) is 74.9 Å². The van der Waals surface area contributed by atoms with Crippen LogP contribution in [0.5, 0.6) is 0 Å². The van der Waals surface area contributed by atoms with Crippen molar-refractivity contribution in [1.82, 2.24) is 4.90 Å². The number of nitro groups is 1. The Kier molecular flexibility index (Phi) is 5.07. The van der Waals surface area contributed by atoms with Crippen LogP contribution in [-0.2, 0) is 9.59 Å². The van der Waals surface area contributed by atoms with Crippen LogP contribution in [0.15, 0.2) is 54.2 Å². The lowest BCUT2D eigenvalue weighted by molar-refractivity contribution is -0.384. The topological polar surface area (TPSA) is 83.8 Å². The summed E-state index contributed by atoms with van der Waals surface area (Å²) in [5.41, 5.74) is 1.50. The zero-order valence-electron chi connectivity index (χ0n) is 15.5. The van der Waals surface area contributed by atoms with Gasteiger partial charge in [-0.05, 0) is 61.2 Å². The second-order valence-electron chi connectivity index (χ2n) is 7.00. The number of nitro benzene ring substituents is 1. The fraction of sp³-hybridized carbons (Fsp3) is 0.238. The molecule has 2 aliphatic rings. The number of hydrogen-bond donors (Lipinski definition) is 0. The van der Waals surface area contributed by atoms with Gasteiger partial charge in [0.1, 0.15) is 5.70 Å². The van der Waals surface area contributed by atoms with Crippen LogP contribution in [-0.4, -0.2) is 34.7 Å². The molecule has 8 heteroatoms. The number of likely N-dealkylation sites (tertiary alicyclic amines) is 1. The van der Waals surface area contributed by atoms with Gasteiger partial charge >= 0.3 is 0 Å². The SMILES string of the molecule is O=C1C(c2ccc([N+](=O)[O-])cc2)=C(N2CCCCC2)C(=O)N1c1ccc(Cl)cc1. The maximum absolute atomic E-state index is 13.3. The van der Waals surface area contributed by atoms with E-state index in [0.29, 0.717) is 35.1 Å². The van der Waals surface area contributed by atoms with Gasteiger partial charge in [-0.25, -0.2) is 4.90 Å². The van der Waals surface area contributed by atoms with Gasteiger partial charge in [-0.2, -0.15) is 0 Å². The zero-order valence-corrected chi connectivity index (χ0v) is 16.3. The molecule has 1 saturated heterocycles. The summed E-state index contributed by atoms with van der Waals surface area (Å²) in [5.74, 6) is -0.820. The van der Waals surface area contributed by atoms with Crippen LogP contribution in [0.2, 0.25) is 5.02 Å². The Morgan fingerprint density at radius 3 is 2.07 bits per heavy atom. The van der Waals surface area contributed by atoms with E-state index in [1.54, 1.807) is 24.3 Å². The predicted molar refractivity (Wildman–Crippen MR) is 109 cm³/mol. The Hall–Kier alpha value is -3.19. The minimum atomic E-state index is -0.495. The lowest BCUT2D eigenvalue weighted by Gasteiger charge is -2.29. The molecule has 29 heavy (non-hydrogen) atoms. The first-order chi connectivity index (χ1) is 14.0. The fourth-order valence-electron chi connectivity index (χ4n) is 3.76. The average molecular weight is 412 g/mol. The number of halogens is 1. The number of non-ortho nitro benzene ring substituents is 1. The molecule has 0 aliphatic carbocycles. The number of amides is 2. The number of rotatable bonds is 4. The highest BCUT2D eigenvalue weighted by atomic mass is 35.5. The van der Waals surface area contributed by atoms with Crippen molar-refractivity contribution in [2.24, 2.45) is 0 Å². The molecule has 2 amide bonds. The summed E-state index contributed by atoms with van der Waals surface area (Å²) in [6.45, 7) is 1.39. The molecule has 2 aliphatic heterocycles. The van der Waals surface area contributed by atoms with Crippen molar-refractivity contribution in [3.8, 4) is 0 Å². The van der Waals surface area contributed by atoms with Gasteiger partial charge in [0.25, 0.3) is 17.5 Å². The van der Waals surface area contributed by atoms with Gasteiger partial charge in [-0.3, -0.25) is 19.7 Å². The van der Waals surface area contributed by atoms with Crippen LogP contribution in [0, 0.1) is 10.1 Å². The Morgan fingerprint density at radius 2 is 1.48 bits per heavy atom. The second-order valence-corrected chi connectivity index (χ2v) is 7.43. The van der Waals surface area contributed by atoms with E-state index in [0.717, 1.165) is 24.2 Å². The van der Waals surface area contributed by atoms with Crippen LogP contribution in [0.25, 0.3) is 5.57 Å². The quantitative estimate of drug-likeness (QED) is 0.431. The van der Waals surface area contributed by atoms with E-state index in [1.807, 2.05) is 4.90 Å². The first-order valence-electron chi connectivity index (χ1n) is 9.36. The van der Waals surface area contributed by atoms with Crippen LogP contribution >= 0.6 is 11.6 Å². The van der Waals surface area contributed by atoms with Gasteiger partial charge < -0.3 is 4.90 Å². The maximum atomic E-state index is 13.3. The van der Waals surface area contributed by atoms with E-state index < -0.39 is 10.8 Å². The number of carbonyl (C=O) groups excluding carboxylic acids is 2. The van der Waals surface area contributed by atoms with Crippen molar-refractivity contribution in [1.29, 1.82) is 0 Å². The van der Waals surface area contributed by atoms with E-state index in [4.69, 9.17) is 11.6 Å². The summed E-state index contributed by atoms with van der Waals surface area (Å²) < 4.78 is 0. The molecule has 0 bridgehead atoms. The number of benzene rings is 2. The fourth-order valence-corrected chi connectivity index (χ4v) is 3.89. The summed E-state index contributed by atoms with van der Waals surface area (Å²) in [6, 6.07) is 12.2. The highest BCUT2D eigenvalue weighted by Gasteiger charge is 2.42. The van der Waals surface area contributed by atoms with Crippen LogP contribution in [0.1, 0.15) is 24.8 Å². The molecule has 4 rings (SSSR count). The van der Waals surface area contributed by atoms with E-state index in [9.17, 15) is 19.7 Å². The number of imide groups is 1. The van der Waals surface area contributed by atoms with Gasteiger partial charge in [0.2, 0.25) is 0 Å². The molecule has 0 saturated carbocycles. The zero-order chi connectivity index (χ0) is 20.5. The first kappa shape index (κ1) is 19.1. The average Bonchev–Trinajstić information content (AvgIpc) is 2.99. The maximum Gasteiger partial charge on any atom is 0.282 e. The van der Waals surface area contributed by atoms with Crippen molar-refractivity contribution >= 4 is 40.4 Å². The summed E-state index contributed by atoms with van der Waals surface area (Å²) in [6.07, 6.45) is 2.97. The predicted octanol–water partition coefficient (Wildman–Crippen LogP) is 4.02. The van der Waals surface area contributed by atoms with E-state index in [2.05, 4.69) is 0 Å². The Balaban J connectivity index is 1.80. The molecule has 0 radical (unpaired) electrons. The smallest absolute Gasteiger partial charge is 0.282 e. The highest BCUT2D eigenvalue weighted by molar-refractivity contribution is 6.45. The Bertz CT molecular complexity index is 1010. The van der Waals surface area contributed by atoms with Crippen molar-refractivity contribution in [3.63, 3.8) is 0 Å². The van der Waals surface area contributed by atoms with Gasteiger partial charge in [0.05, 0.1) is 16.2 Å². The molecule has 2 aromatic rings. The number of piperidine rings is 1. The third-order valence-corrected chi connectivity index (χ3v) is 5.44. The molecule has 0 aromatic heterocycles. The molecule has 2 aromatic carbocycles. The molecule has 0 N–H and O–H groups in total. The number of carbonyl (C=O) groups is 2. The number of nitrogens with zero attached hydrogens (tertiary/aromatic N) is 3. The van der Waals surface area contributed by atoms with E-state index in [1.165, 1.54) is 24.3 Å². The Morgan fingerprint density at radius 1 is 0.862 bits per heavy atom. The monoisotopic (exact) mass is 411 g/mol. The summed E-state index contributed by atoms with van der Waals surface area (Å²) in [7, 11) is 0. The summed E-state index contributed by atoms with van der Waals surface area (Å²) in [4.78, 5) is 40.2. The lowest BCUT2D eigenvalue weighted by Crippen LogP contribution is -2.37. The van der Waals surface area contributed by atoms with Gasteiger partial charge in [-0.1, -0.05) is 11.6 Å². The standard InChI is InChI=1S/C21H18ClN3O4/c22-15-6-10-16(11-7-15)24-20(26)18(14-4-8-17(9-5-14)25(28)29)19(21(24)27)23-12-2-1-3-13-23/h4-11H,1-3,12-13H2. The number of hydrogen-bond acceptors (Lipinski definition) is 5. The molecule has 148 valence electrons. The third-order valence-electron chi connectivity index (χ3n) is 5.18. The summed E-state index contributed by atoms with van der Waals surface area (Å²) in [5, 5.41) is 11.5.